The van der Waals surface area contributed by atoms with Gasteiger partial charge in [0.15, 0.2) is 6.29 Å². The van der Waals surface area contributed by atoms with Crippen molar-refractivity contribution in [1.82, 2.24) is 9.97 Å². The molecule has 0 aliphatic heterocycles. The quantitative estimate of drug-likeness (QED) is 0.656. The molecule has 0 fully saturated rings. The second-order valence-corrected chi connectivity index (χ2v) is 2.56. The zero-order valence-electron chi connectivity index (χ0n) is 6.61. The van der Waals surface area contributed by atoms with Crippen LogP contribution in [-0.2, 0) is 0 Å². The molecule has 13 heavy (non-hydrogen) atoms. The van der Waals surface area contributed by atoms with Gasteiger partial charge in [-0.15, -0.1) is 0 Å². The first-order valence-corrected chi connectivity index (χ1v) is 3.69. The lowest BCUT2D eigenvalue weighted by atomic mass is 10.2. The molecule has 2 aromatic rings. The van der Waals surface area contributed by atoms with Crippen LogP contribution in [0.3, 0.4) is 0 Å². The first-order valence-electron chi connectivity index (χ1n) is 3.69. The van der Waals surface area contributed by atoms with E-state index in [4.69, 9.17) is 5.26 Å². The number of fused-ring (bicyclic) bond motifs is 1. The molecular formula is C9H5N3O. The average molecular weight is 171 g/mol. The number of aromatic nitrogens is 2. The van der Waals surface area contributed by atoms with Crippen LogP contribution in [-0.4, -0.2) is 16.3 Å². The van der Waals surface area contributed by atoms with Crippen LogP contribution in [0.1, 0.15) is 16.2 Å². The number of nitrogens with one attached hydrogen (secondary N) is 1. The molecule has 0 amide bonds. The summed E-state index contributed by atoms with van der Waals surface area (Å²) >= 11 is 0. The highest BCUT2D eigenvalue weighted by atomic mass is 16.1. The molecule has 4 heteroatoms. The highest BCUT2D eigenvalue weighted by Crippen LogP contribution is 2.14. The molecule has 0 aliphatic rings. The van der Waals surface area contributed by atoms with Gasteiger partial charge in [0.1, 0.15) is 11.6 Å². The summed E-state index contributed by atoms with van der Waals surface area (Å²) in [5.41, 5.74) is 1.76. The topological polar surface area (TPSA) is 69.5 Å². The second-order valence-electron chi connectivity index (χ2n) is 2.56. The molecule has 0 saturated carbocycles. The summed E-state index contributed by atoms with van der Waals surface area (Å²) in [6, 6.07) is 7.06. The van der Waals surface area contributed by atoms with Crippen LogP contribution in [0.2, 0.25) is 0 Å². The Balaban J connectivity index is 2.83. The first kappa shape index (κ1) is 7.50. The Hall–Kier alpha value is -2.15. The zero-order valence-corrected chi connectivity index (χ0v) is 6.61. The van der Waals surface area contributed by atoms with E-state index in [2.05, 4.69) is 9.97 Å². The first-order chi connectivity index (χ1) is 6.35. The van der Waals surface area contributed by atoms with Crippen LogP contribution in [0.25, 0.3) is 11.0 Å². The minimum atomic E-state index is 0.226. The molecule has 0 aliphatic carbocycles. The van der Waals surface area contributed by atoms with Gasteiger partial charge in [0.2, 0.25) is 5.82 Å². The van der Waals surface area contributed by atoms with Gasteiger partial charge in [-0.3, -0.25) is 4.79 Å². The van der Waals surface area contributed by atoms with Crippen molar-refractivity contribution in [1.29, 1.82) is 5.26 Å². The predicted molar refractivity (Wildman–Crippen MR) is 46.2 cm³/mol. The molecule has 1 heterocycles. The van der Waals surface area contributed by atoms with E-state index in [0.717, 1.165) is 6.29 Å². The summed E-state index contributed by atoms with van der Waals surface area (Å²) in [4.78, 5) is 17.3. The molecule has 2 rings (SSSR count). The van der Waals surface area contributed by atoms with Crippen molar-refractivity contribution in [3.63, 3.8) is 0 Å². The van der Waals surface area contributed by atoms with Gasteiger partial charge in [0.25, 0.3) is 0 Å². The Bertz CT molecular complexity index is 507. The summed E-state index contributed by atoms with van der Waals surface area (Å²) in [5, 5.41) is 8.57. The number of rotatable bonds is 1. The molecule has 1 N–H and O–H groups in total. The summed E-state index contributed by atoms with van der Waals surface area (Å²) in [6.07, 6.45) is 0.727. The fraction of sp³-hybridized carbons (Fsp3) is 0. The Morgan fingerprint density at radius 1 is 1.54 bits per heavy atom. The van der Waals surface area contributed by atoms with Crippen LogP contribution in [0.15, 0.2) is 18.2 Å². The van der Waals surface area contributed by atoms with Crippen molar-refractivity contribution in [2.75, 3.05) is 0 Å². The number of H-pyrrole nitrogens is 1. The maximum Gasteiger partial charge on any atom is 0.211 e. The van der Waals surface area contributed by atoms with Gasteiger partial charge in [-0.2, -0.15) is 5.26 Å². The molecule has 0 saturated heterocycles. The summed E-state index contributed by atoms with van der Waals surface area (Å²) in [6.45, 7) is 0. The number of nitriles is 1. The molecule has 62 valence electrons. The van der Waals surface area contributed by atoms with E-state index in [1.807, 2.05) is 6.07 Å². The van der Waals surface area contributed by atoms with E-state index >= 15 is 0 Å². The van der Waals surface area contributed by atoms with Crippen LogP contribution in [0.4, 0.5) is 0 Å². The van der Waals surface area contributed by atoms with Crippen LogP contribution in [0.5, 0.6) is 0 Å². The summed E-state index contributed by atoms with van der Waals surface area (Å²) in [7, 11) is 0. The minimum absolute atomic E-state index is 0.226. The van der Waals surface area contributed by atoms with Crippen molar-refractivity contribution in [2.24, 2.45) is 0 Å². The Labute approximate surface area is 73.8 Å². The lowest BCUT2D eigenvalue weighted by Gasteiger charge is -1.89. The number of nitrogens with zero attached hydrogens (tertiary/aromatic N) is 2. The van der Waals surface area contributed by atoms with E-state index in [1.54, 1.807) is 18.2 Å². The third kappa shape index (κ3) is 1.07. The SMILES string of the molecule is N#Cc1nc2c(C=O)cccc2[nH]1. The predicted octanol–water partition coefficient (Wildman–Crippen LogP) is 1.25. The smallest absolute Gasteiger partial charge is 0.211 e. The number of hydrogen-bond acceptors (Lipinski definition) is 3. The van der Waals surface area contributed by atoms with Crippen molar-refractivity contribution in [3.05, 3.63) is 29.6 Å². The van der Waals surface area contributed by atoms with Gasteiger partial charge in [0, 0.05) is 5.56 Å². The Kier molecular flexibility index (Phi) is 1.57. The highest BCUT2D eigenvalue weighted by Gasteiger charge is 2.04. The van der Waals surface area contributed by atoms with E-state index in [0.29, 0.717) is 16.6 Å². The largest absolute Gasteiger partial charge is 0.329 e. The number of aromatic amines is 1. The molecule has 4 nitrogen and oxygen atoms in total. The zero-order chi connectivity index (χ0) is 9.26. The van der Waals surface area contributed by atoms with Crippen molar-refractivity contribution < 1.29 is 4.79 Å². The molecule has 0 unspecified atom stereocenters. The third-order valence-electron chi connectivity index (χ3n) is 1.78. The molecule has 0 bridgehead atoms. The number of aldehydes is 1. The van der Waals surface area contributed by atoms with Gasteiger partial charge in [-0.05, 0) is 12.1 Å². The van der Waals surface area contributed by atoms with E-state index in [1.165, 1.54) is 0 Å². The van der Waals surface area contributed by atoms with Gasteiger partial charge in [-0.25, -0.2) is 4.98 Å². The summed E-state index contributed by atoms with van der Waals surface area (Å²) < 4.78 is 0. The molecule has 1 aromatic heterocycles. The normalized spacial score (nSPS) is 9.77. The maximum absolute atomic E-state index is 10.6. The third-order valence-corrected chi connectivity index (χ3v) is 1.78. The Morgan fingerprint density at radius 3 is 3.08 bits per heavy atom. The highest BCUT2D eigenvalue weighted by molar-refractivity contribution is 5.94. The van der Waals surface area contributed by atoms with Gasteiger partial charge >= 0.3 is 0 Å². The molecule has 0 atom stereocenters. The Morgan fingerprint density at radius 2 is 2.38 bits per heavy atom. The van der Waals surface area contributed by atoms with Crippen molar-refractivity contribution in [3.8, 4) is 6.07 Å². The lowest BCUT2D eigenvalue weighted by Crippen LogP contribution is -1.81. The number of imidazole rings is 1. The van der Waals surface area contributed by atoms with Crippen LogP contribution >= 0.6 is 0 Å². The maximum atomic E-state index is 10.6. The van der Waals surface area contributed by atoms with E-state index in [-0.39, 0.29) is 5.82 Å². The average Bonchev–Trinajstić information content (AvgIpc) is 2.59. The van der Waals surface area contributed by atoms with Crippen molar-refractivity contribution >= 4 is 17.3 Å². The molecular weight excluding hydrogens is 166 g/mol. The van der Waals surface area contributed by atoms with Crippen LogP contribution in [0, 0.1) is 11.3 Å². The van der Waals surface area contributed by atoms with E-state index < -0.39 is 0 Å². The van der Waals surface area contributed by atoms with Crippen LogP contribution < -0.4 is 0 Å². The number of carbonyl (C=O) groups excluding carboxylic acids is 1. The fourth-order valence-corrected chi connectivity index (χ4v) is 1.20. The number of hydrogen-bond donors (Lipinski definition) is 1. The molecule has 0 radical (unpaired) electrons. The summed E-state index contributed by atoms with van der Waals surface area (Å²) in [5.74, 6) is 0.226. The van der Waals surface area contributed by atoms with E-state index in [9.17, 15) is 4.79 Å². The monoisotopic (exact) mass is 171 g/mol. The molecule has 0 spiro atoms. The number of benzene rings is 1. The number of para-hydroxylation sites is 1. The van der Waals surface area contributed by atoms with Gasteiger partial charge in [-0.1, -0.05) is 6.07 Å². The van der Waals surface area contributed by atoms with Gasteiger partial charge < -0.3 is 4.98 Å². The second kappa shape index (κ2) is 2.72. The number of carbonyl (C=O) groups is 1. The van der Waals surface area contributed by atoms with Crippen molar-refractivity contribution in [2.45, 2.75) is 0 Å². The minimum Gasteiger partial charge on any atom is -0.329 e. The van der Waals surface area contributed by atoms with Gasteiger partial charge in [0.05, 0.1) is 5.52 Å². The standard InChI is InChI=1S/C9H5N3O/c10-4-8-11-7-3-1-2-6(5-13)9(7)12-8/h1-3,5H,(H,11,12). The lowest BCUT2D eigenvalue weighted by molar-refractivity contribution is 0.112. The molecule has 1 aromatic carbocycles. The fourth-order valence-electron chi connectivity index (χ4n) is 1.20.